The highest BCUT2D eigenvalue weighted by Crippen LogP contribution is 2.30. The highest BCUT2D eigenvalue weighted by atomic mass is 16.5. The van der Waals surface area contributed by atoms with E-state index in [2.05, 4.69) is 4.98 Å². The van der Waals surface area contributed by atoms with Crippen molar-refractivity contribution in [3.63, 3.8) is 0 Å². The van der Waals surface area contributed by atoms with E-state index >= 15 is 0 Å². The molecule has 0 aliphatic heterocycles. The van der Waals surface area contributed by atoms with Crippen molar-refractivity contribution in [2.75, 3.05) is 13.7 Å². The van der Waals surface area contributed by atoms with Gasteiger partial charge in [-0.15, -0.1) is 0 Å². The van der Waals surface area contributed by atoms with Gasteiger partial charge in [0.25, 0.3) is 5.56 Å². The predicted octanol–water partition coefficient (Wildman–Crippen LogP) is 1.89. The number of nitrogens with zero attached hydrogens (tertiary/aromatic N) is 4. The molecule has 0 saturated heterocycles. The fourth-order valence-corrected chi connectivity index (χ4v) is 3.52. The Labute approximate surface area is 172 Å². The van der Waals surface area contributed by atoms with Gasteiger partial charge < -0.3 is 14.0 Å². The van der Waals surface area contributed by atoms with Gasteiger partial charge >= 0.3 is 11.7 Å². The Bertz CT molecular complexity index is 1220. The molecule has 0 bridgehead atoms. The standard InChI is InChI=1S/C21H24N4O5/c1-4-30-20(27)13(2)24-12-22-18-17(24)19(26)23(11-14-8-9-14)21(28)25(18)15-6-5-7-16(10-15)29-3/h5-7,10,12-14H,4,8-9,11H2,1-3H3. The summed E-state index contributed by atoms with van der Waals surface area (Å²) in [6.45, 7) is 3.94. The monoisotopic (exact) mass is 412 g/mol. The number of benzene rings is 1. The highest BCUT2D eigenvalue weighted by molar-refractivity contribution is 5.79. The van der Waals surface area contributed by atoms with Crippen molar-refractivity contribution >= 4 is 17.1 Å². The van der Waals surface area contributed by atoms with E-state index in [0.717, 1.165) is 12.8 Å². The van der Waals surface area contributed by atoms with Crippen LogP contribution in [0.15, 0.2) is 40.2 Å². The van der Waals surface area contributed by atoms with Crippen LogP contribution >= 0.6 is 0 Å². The number of carbonyl (C=O) groups is 1. The minimum atomic E-state index is -0.756. The Hall–Kier alpha value is -3.36. The first-order valence-corrected chi connectivity index (χ1v) is 9.99. The van der Waals surface area contributed by atoms with Crippen LogP contribution in [0.25, 0.3) is 16.9 Å². The van der Waals surface area contributed by atoms with E-state index in [9.17, 15) is 14.4 Å². The zero-order valence-electron chi connectivity index (χ0n) is 17.2. The first kappa shape index (κ1) is 19.9. The molecule has 1 atom stereocenters. The summed E-state index contributed by atoms with van der Waals surface area (Å²) in [5.41, 5.74) is 0.0133. The van der Waals surface area contributed by atoms with Gasteiger partial charge in [-0.1, -0.05) is 6.07 Å². The average Bonchev–Trinajstić information content (AvgIpc) is 3.47. The largest absolute Gasteiger partial charge is 0.497 e. The summed E-state index contributed by atoms with van der Waals surface area (Å²) in [7, 11) is 1.54. The van der Waals surface area contributed by atoms with Gasteiger partial charge in [0.1, 0.15) is 11.8 Å². The van der Waals surface area contributed by atoms with Gasteiger partial charge in [-0.3, -0.25) is 9.36 Å². The number of hydrogen-bond donors (Lipinski definition) is 0. The minimum Gasteiger partial charge on any atom is -0.497 e. The molecule has 1 aromatic carbocycles. The maximum atomic E-state index is 13.3. The lowest BCUT2D eigenvalue weighted by atomic mass is 10.3. The Morgan fingerprint density at radius 1 is 1.30 bits per heavy atom. The second-order valence-corrected chi connectivity index (χ2v) is 7.43. The fourth-order valence-electron chi connectivity index (χ4n) is 3.52. The second-order valence-electron chi connectivity index (χ2n) is 7.43. The van der Waals surface area contributed by atoms with Gasteiger partial charge in [0, 0.05) is 12.6 Å². The molecule has 0 spiro atoms. The first-order chi connectivity index (χ1) is 14.5. The third-order valence-corrected chi connectivity index (χ3v) is 5.35. The molecule has 1 unspecified atom stereocenters. The van der Waals surface area contributed by atoms with Crippen LogP contribution in [0.2, 0.25) is 0 Å². The van der Waals surface area contributed by atoms with Crippen LogP contribution in [-0.4, -0.2) is 38.4 Å². The lowest BCUT2D eigenvalue weighted by molar-refractivity contribution is -0.146. The summed E-state index contributed by atoms with van der Waals surface area (Å²) in [5.74, 6) is 0.418. The molecule has 9 nitrogen and oxygen atoms in total. The number of imidazole rings is 1. The van der Waals surface area contributed by atoms with E-state index in [-0.39, 0.29) is 17.8 Å². The average molecular weight is 412 g/mol. The number of ether oxygens (including phenoxy) is 2. The molecule has 1 saturated carbocycles. The van der Waals surface area contributed by atoms with Gasteiger partial charge in [0.2, 0.25) is 0 Å². The number of rotatable bonds is 7. The van der Waals surface area contributed by atoms with Crippen molar-refractivity contribution in [3.8, 4) is 11.4 Å². The number of carbonyl (C=O) groups excluding carboxylic acids is 1. The van der Waals surface area contributed by atoms with Crippen molar-refractivity contribution < 1.29 is 14.3 Å². The van der Waals surface area contributed by atoms with E-state index in [0.29, 0.717) is 23.9 Å². The van der Waals surface area contributed by atoms with Gasteiger partial charge in [-0.05, 0) is 44.7 Å². The van der Waals surface area contributed by atoms with Gasteiger partial charge in [0.15, 0.2) is 11.2 Å². The van der Waals surface area contributed by atoms with Crippen molar-refractivity contribution in [2.45, 2.75) is 39.3 Å². The molecule has 0 radical (unpaired) electrons. The molecule has 0 N–H and O–H groups in total. The van der Waals surface area contributed by atoms with Crippen molar-refractivity contribution in [3.05, 3.63) is 51.4 Å². The molecule has 1 fully saturated rings. The molecule has 1 aliphatic carbocycles. The fraction of sp³-hybridized carbons (Fsp3) is 0.429. The Morgan fingerprint density at radius 2 is 2.07 bits per heavy atom. The molecule has 0 amide bonds. The van der Waals surface area contributed by atoms with Crippen molar-refractivity contribution in [1.29, 1.82) is 0 Å². The van der Waals surface area contributed by atoms with E-state index in [1.807, 2.05) is 0 Å². The maximum absolute atomic E-state index is 13.3. The normalized spacial score (nSPS) is 14.6. The van der Waals surface area contributed by atoms with Crippen LogP contribution in [0.4, 0.5) is 0 Å². The molecule has 30 heavy (non-hydrogen) atoms. The highest BCUT2D eigenvalue weighted by Gasteiger charge is 2.28. The SMILES string of the molecule is CCOC(=O)C(C)n1cnc2c1c(=O)n(CC1CC1)c(=O)n2-c1cccc(OC)c1. The summed E-state index contributed by atoms with van der Waals surface area (Å²) in [6.07, 6.45) is 3.38. The third-order valence-electron chi connectivity index (χ3n) is 5.35. The van der Waals surface area contributed by atoms with Crippen LogP contribution in [0.1, 0.15) is 32.7 Å². The Balaban J connectivity index is 2.00. The smallest absolute Gasteiger partial charge is 0.337 e. The van der Waals surface area contributed by atoms with Crippen LogP contribution in [0.3, 0.4) is 0 Å². The van der Waals surface area contributed by atoms with Crippen LogP contribution in [0.5, 0.6) is 5.75 Å². The van der Waals surface area contributed by atoms with Crippen molar-refractivity contribution in [1.82, 2.24) is 18.7 Å². The lowest BCUT2D eigenvalue weighted by Crippen LogP contribution is -2.41. The molecule has 4 rings (SSSR count). The summed E-state index contributed by atoms with van der Waals surface area (Å²) in [5, 5.41) is 0. The molecule has 3 aromatic rings. The number of esters is 1. The van der Waals surface area contributed by atoms with E-state index < -0.39 is 23.3 Å². The minimum absolute atomic E-state index is 0.193. The Morgan fingerprint density at radius 3 is 2.73 bits per heavy atom. The third kappa shape index (κ3) is 3.40. The van der Waals surface area contributed by atoms with Gasteiger partial charge in [-0.25, -0.2) is 19.1 Å². The molecular weight excluding hydrogens is 388 g/mol. The number of hydrogen-bond acceptors (Lipinski definition) is 6. The summed E-state index contributed by atoms with van der Waals surface area (Å²) >= 11 is 0. The van der Waals surface area contributed by atoms with Crippen molar-refractivity contribution in [2.24, 2.45) is 5.92 Å². The molecule has 2 heterocycles. The summed E-state index contributed by atoms with van der Waals surface area (Å²) in [6, 6.07) is 6.24. The zero-order valence-corrected chi connectivity index (χ0v) is 17.2. The van der Waals surface area contributed by atoms with Gasteiger partial charge in [-0.2, -0.15) is 0 Å². The maximum Gasteiger partial charge on any atom is 0.337 e. The predicted molar refractivity (Wildman–Crippen MR) is 110 cm³/mol. The van der Waals surface area contributed by atoms with Crippen LogP contribution in [-0.2, 0) is 16.1 Å². The number of aromatic nitrogens is 4. The summed E-state index contributed by atoms with van der Waals surface area (Å²) < 4.78 is 14.5. The van der Waals surface area contributed by atoms with Crippen LogP contribution in [0, 0.1) is 5.92 Å². The molecule has 2 aromatic heterocycles. The second kappa shape index (κ2) is 7.81. The quantitative estimate of drug-likeness (QED) is 0.550. The number of fused-ring (bicyclic) bond motifs is 1. The lowest BCUT2D eigenvalue weighted by Gasteiger charge is -2.15. The molecular formula is C21H24N4O5. The van der Waals surface area contributed by atoms with E-state index in [4.69, 9.17) is 9.47 Å². The first-order valence-electron chi connectivity index (χ1n) is 9.99. The number of methoxy groups -OCH3 is 1. The van der Waals surface area contributed by atoms with E-state index in [1.165, 1.54) is 20.0 Å². The topological polar surface area (TPSA) is 97.4 Å². The summed E-state index contributed by atoms with van der Waals surface area (Å²) in [4.78, 5) is 43.3. The van der Waals surface area contributed by atoms with Gasteiger partial charge in [0.05, 0.1) is 25.7 Å². The Kier molecular flexibility index (Phi) is 5.19. The van der Waals surface area contributed by atoms with Crippen LogP contribution < -0.4 is 16.0 Å². The molecule has 1 aliphatic rings. The van der Waals surface area contributed by atoms with E-state index in [1.54, 1.807) is 45.2 Å². The zero-order chi connectivity index (χ0) is 21.4. The molecule has 158 valence electrons. The molecule has 9 heteroatoms.